The van der Waals surface area contributed by atoms with Crippen LogP contribution in [0.3, 0.4) is 0 Å². The first-order valence-electron chi connectivity index (χ1n) is 7.47. The fourth-order valence-corrected chi connectivity index (χ4v) is 3.10. The third-order valence-electron chi connectivity index (χ3n) is 4.14. The van der Waals surface area contributed by atoms with Crippen molar-refractivity contribution in [2.45, 2.75) is 44.5 Å². The first kappa shape index (κ1) is 14.3. The lowest BCUT2D eigenvalue weighted by molar-refractivity contribution is -0.126. The Morgan fingerprint density at radius 1 is 1.52 bits per heavy atom. The minimum Gasteiger partial charge on any atom is -0.489 e. The Bertz CT molecular complexity index is 522. The number of carbonyl (C=O) groups is 1. The van der Waals surface area contributed by atoms with Gasteiger partial charge in [-0.25, -0.2) is 4.39 Å². The minimum atomic E-state index is -0.331. The van der Waals surface area contributed by atoms with Crippen molar-refractivity contribution in [3.05, 3.63) is 30.1 Å². The molecule has 0 aliphatic carbocycles. The molecule has 0 saturated carbocycles. The monoisotopic (exact) mass is 293 g/mol. The molecule has 1 aromatic rings. The summed E-state index contributed by atoms with van der Waals surface area (Å²) in [5.74, 6) is 0.157. The van der Waals surface area contributed by atoms with Crippen LogP contribution in [0.5, 0.6) is 5.75 Å². The molecule has 2 fully saturated rings. The van der Waals surface area contributed by atoms with Gasteiger partial charge in [0, 0.05) is 6.07 Å². The zero-order valence-corrected chi connectivity index (χ0v) is 12.0. The molecule has 4 nitrogen and oxygen atoms in total. The highest BCUT2D eigenvalue weighted by Crippen LogP contribution is 2.38. The summed E-state index contributed by atoms with van der Waals surface area (Å²) in [6, 6.07) is 6.00. The van der Waals surface area contributed by atoms with Gasteiger partial charge in [0.05, 0.1) is 24.7 Å². The second-order valence-corrected chi connectivity index (χ2v) is 5.85. The van der Waals surface area contributed by atoms with E-state index in [-0.39, 0.29) is 36.0 Å². The van der Waals surface area contributed by atoms with Crippen LogP contribution in [0, 0.1) is 11.7 Å². The predicted molar refractivity (Wildman–Crippen MR) is 75.5 cm³/mol. The van der Waals surface area contributed by atoms with Gasteiger partial charge >= 0.3 is 0 Å². The molecule has 2 saturated heterocycles. The Morgan fingerprint density at radius 2 is 2.38 bits per heavy atom. The van der Waals surface area contributed by atoms with E-state index in [1.807, 2.05) is 6.92 Å². The van der Waals surface area contributed by atoms with E-state index in [0.717, 1.165) is 19.3 Å². The number of amides is 1. The Balaban J connectivity index is 1.45. The van der Waals surface area contributed by atoms with Gasteiger partial charge in [0.15, 0.2) is 0 Å². The topological polar surface area (TPSA) is 47.6 Å². The van der Waals surface area contributed by atoms with Crippen molar-refractivity contribution in [3.8, 4) is 5.75 Å². The van der Waals surface area contributed by atoms with Crippen molar-refractivity contribution in [2.24, 2.45) is 5.92 Å². The van der Waals surface area contributed by atoms with Crippen LogP contribution < -0.4 is 10.1 Å². The van der Waals surface area contributed by atoms with Crippen molar-refractivity contribution in [1.29, 1.82) is 0 Å². The van der Waals surface area contributed by atoms with Crippen LogP contribution >= 0.6 is 0 Å². The molecule has 114 valence electrons. The van der Waals surface area contributed by atoms with Crippen LogP contribution in [0.1, 0.15) is 26.2 Å². The Kier molecular flexibility index (Phi) is 4.10. The van der Waals surface area contributed by atoms with Gasteiger partial charge in [0.25, 0.3) is 0 Å². The summed E-state index contributed by atoms with van der Waals surface area (Å²) in [7, 11) is 0. The van der Waals surface area contributed by atoms with E-state index in [9.17, 15) is 9.18 Å². The minimum absolute atomic E-state index is 0.0230. The van der Waals surface area contributed by atoms with Gasteiger partial charge in [-0.2, -0.15) is 0 Å². The number of halogens is 1. The third-order valence-corrected chi connectivity index (χ3v) is 4.14. The van der Waals surface area contributed by atoms with Crippen LogP contribution in [0.2, 0.25) is 0 Å². The standard InChI is InChI=1S/C16H20FNO3/c1-10(20-12-4-2-3-11(17)7-12)9-18-16(19)14-8-13-5-6-15(14)21-13/h2-4,7,10,13-15H,5-6,8-9H2,1H3,(H,18,19). The molecule has 0 radical (unpaired) electrons. The van der Waals surface area contributed by atoms with Gasteiger partial charge in [-0.3, -0.25) is 4.79 Å². The van der Waals surface area contributed by atoms with Crippen LogP contribution in [0.4, 0.5) is 4.39 Å². The SMILES string of the molecule is CC(CNC(=O)C1CC2CCC1O2)Oc1cccc(F)c1. The average Bonchev–Trinajstić information content (AvgIpc) is 3.07. The molecule has 1 N–H and O–H groups in total. The van der Waals surface area contributed by atoms with Gasteiger partial charge in [0.2, 0.25) is 5.91 Å². The van der Waals surface area contributed by atoms with E-state index < -0.39 is 0 Å². The zero-order chi connectivity index (χ0) is 14.8. The molecule has 2 bridgehead atoms. The number of hydrogen-bond donors (Lipinski definition) is 1. The van der Waals surface area contributed by atoms with E-state index in [1.165, 1.54) is 12.1 Å². The normalized spacial score (nSPS) is 28.4. The summed E-state index contributed by atoms with van der Waals surface area (Å²) in [4.78, 5) is 12.1. The van der Waals surface area contributed by atoms with E-state index in [2.05, 4.69) is 5.32 Å². The van der Waals surface area contributed by atoms with Gasteiger partial charge in [0.1, 0.15) is 17.7 Å². The molecular weight excluding hydrogens is 273 g/mol. The largest absolute Gasteiger partial charge is 0.489 e. The zero-order valence-electron chi connectivity index (χ0n) is 12.0. The quantitative estimate of drug-likeness (QED) is 0.906. The highest BCUT2D eigenvalue weighted by Gasteiger charge is 2.44. The van der Waals surface area contributed by atoms with Gasteiger partial charge in [-0.05, 0) is 38.3 Å². The summed E-state index contributed by atoms with van der Waals surface area (Å²) in [6.45, 7) is 2.26. The number of nitrogens with one attached hydrogen (secondary N) is 1. The third kappa shape index (κ3) is 3.35. The van der Waals surface area contributed by atoms with Crippen molar-refractivity contribution in [3.63, 3.8) is 0 Å². The van der Waals surface area contributed by atoms with Crippen LogP contribution in [0.25, 0.3) is 0 Å². The highest BCUT2D eigenvalue weighted by molar-refractivity contribution is 5.79. The summed E-state index contributed by atoms with van der Waals surface area (Å²) < 4.78 is 24.3. The molecule has 21 heavy (non-hydrogen) atoms. The molecule has 1 amide bonds. The molecule has 0 aromatic heterocycles. The first-order valence-corrected chi connectivity index (χ1v) is 7.47. The molecule has 4 unspecified atom stereocenters. The number of fused-ring (bicyclic) bond motifs is 2. The number of hydrogen-bond acceptors (Lipinski definition) is 3. The second kappa shape index (κ2) is 6.02. The molecule has 0 spiro atoms. The van der Waals surface area contributed by atoms with Crippen LogP contribution in [-0.2, 0) is 9.53 Å². The fraction of sp³-hybridized carbons (Fsp3) is 0.562. The van der Waals surface area contributed by atoms with Gasteiger partial charge < -0.3 is 14.8 Å². The fourth-order valence-electron chi connectivity index (χ4n) is 3.10. The molecule has 1 aromatic carbocycles. The lowest BCUT2D eigenvalue weighted by Gasteiger charge is -2.20. The Hall–Kier alpha value is -1.62. The Morgan fingerprint density at radius 3 is 3.05 bits per heavy atom. The van der Waals surface area contributed by atoms with Crippen molar-refractivity contribution in [2.75, 3.05) is 6.54 Å². The summed E-state index contributed by atoms with van der Waals surface area (Å²) in [6.07, 6.45) is 3.04. The molecule has 5 heteroatoms. The lowest BCUT2D eigenvalue weighted by atomic mass is 9.88. The van der Waals surface area contributed by atoms with Crippen molar-refractivity contribution in [1.82, 2.24) is 5.32 Å². The molecule has 2 aliphatic rings. The maximum Gasteiger partial charge on any atom is 0.225 e. The van der Waals surface area contributed by atoms with Crippen molar-refractivity contribution < 1.29 is 18.7 Å². The average molecular weight is 293 g/mol. The lowest BCUT2D eigenvalue weighted by Crippen LogP contribution is -2.40. The predicted octanol–water partition coefficient (Wildman–Crippen LogP) is 2.28. The van der Waals surface area contributed by atoms with Crippen LogP contribution in [-0.4, -0.2) is 30.8 Å². The number of carbonyl (C=O) groups excluding carboxylic acids is 1. The van der Waals surface area contributed by atoms with Crippen molar-refractivity contribution >= 4 is 5.91 Å². The van der Waals surface area contributed by atoms with Gasteiger partial charge in [-0.1, -0.05) is 6.07 Å². The summed E-state index contributed by atoms with van der Waals surface area (Å²) in [5.41, 5.74) is 0. The van der Waals surface area contributed by atoms with E-state index >= 15 is 0 Å². The maximum atomic E-state index is 13.1. The maximum absolute atomic E-state index is 13.1. The van der Waals surface area contributed by atoms with Gasteiger partial charge in [-0.15, -0.1) is 0 Å². The Labute approximate surface area is 123 Å². The van der Waals surface area contributed by atoms with E-state index in [1.54, 1.807) is 12.1 Å². The van der Waals surface area contributed by atoms with E-state index in [0.29, 0.717) is 12.3 Å². The number of ether oxygens (including phenoxy) is 2. The smallest absolute Gasteiger partial charge is 0.225 e. The molecule has 2 aliphatic heterocycles. The number of benzene rings is 1. The first-order chi connectivity index (χ1) is 10.1. The molecule has 4 atom stereocenters. The van der Waals surface area contributed by atoms with Crippen LogP contribution in [0.15, 0.2) is 24.3 Å². The highest BCUT2D eigenvalue weighted by atomic mass is 19.1. The van der Waals surface area contributed by atoms with E-state index in [4.69, 9.17) is 9.47 Å². The number of rotatable bonds is 5. The molecule has 3 rings (SSSR count). The molecular formula is C16H20FNO3. The summed E-state index contributed by atoms with van der Waals surface area (Å²) >= 11 is 0. The molecule has 2 heterocycles. The second-order valence-electron chi connectivity index (χ2n) is 5.85. The summed E-state index contributed by atoms with van der Waals surface area (Å²) in [5, 5.41) is 2.91.